The molecule has 35 heavy (non-hydrogen) atoms. The summed E-state index contributed by atoms with van der Waals surface area (Å²) in [4.78, 5) is 19.2. The number of fused-ring (bicyclic) bond motifs is 4. The third kappa shape index (κ3) is 3.27. The topological polar surface area (TPSA) is 70.4 Å². The fraction of sp³-hybridized carbons (Fsp3) is 0.259. The molecule has 8 heteroatoms. The van der Waals surface area contributed by atoms with Gasteiger partial charge in [0.1, 0.15) is 17.4 Å². The van der Waals surface area contributed by atoms with E-state index in [1.54, 1.807) is 12.1 Å². The molecule has 0 saturated carbocycles. The molecule has 0 aliphatic carbocycles. The molecule has 2 N–H and O–H groups in total. The molecule has 2 saturated heterocycles. The Morgan fingerprint density at radius 2 is 1.86 bits per heavy atom. The lowest BCUT2D eigenvalue weighted by molar-refractivity contribution is 0.463. The van der Waals surface area contributed by atoms with Crippen LogP contribution in [0.15, 0.2) is 41.2 Å². The van der Waals surface area contributed by atoms with Crippen molar-refractivity contribution in [1.29, 1.82) is 0 Å². The number of aryl methyl sites for hydroxylation is 1. The number of benzene rings is 3. The van der Waals surface area contributed by atoms with Crippen LogP contribution in [0.1, 0.15) is 18.4 Å². The molecule has 2 unspecified atom stereocenters. The molecule has 0 spiro atoms. The minimum atomic E-state index is -0.664. The number of anilines is 1. The average molecular weight is 472 g/mol. The van der Waals surface area contributed by atoms with Gasteiger partial charge in [-0.1, -0.05) is 18.1 Å². The van der Waals surface area contributed by atoms with Crippen LogP contribution in [0.2, 0.25) is 0 Å². The number of halogens is 2. The van der Waals surface area contributed by atoms with Crippen molar-refractivity contribution in [3.8, 4) is 29.2 Å². The van der Waals surface area contributed by atoms with Crippen LogP contribution in [0.25, 0.3) is 32.8 Å². The molecule has 2 aliphatic heterocycles. The predicted molar refractivity (Wildman–Crippen MR) is 132 cm³/mol. The van der Waals surface area contributed by atoms with Crippen LogP contribution in [0.3, 0.4) is 0 Å². The van der Waals surface area contributed by atoms with Crippen LogP contribution in [0.4, 0.5) is 14.6 Å². The van der Waals surface area contributed by atoms with Gasteiger partial charge in [0.15, 0.2) is 5.82 Å². The molecule has 4 aromatic rings. The van der Waals surface area contributed by atoms with Gasteiger partial charge in [0.2, 0.25) is 0 Å². The SMILES string of the molecule is C#Cc1c(F)ccc2cc(O)cc(-c3ccc4c(N5CC6CCC(C5)N6)nc(=O)n(C)c4c3F)c12. The van der Waals surface area contributed by atoms with E-state index in [2.05, 4.69) is 21.1 Å². The first-order chi connectivity index (χ1) is 16.9. The number of nitrogens with one attached hydrogen (secondary N) is 1. The van der Waals surface area contributed by atoms with E-state index < -0.39 is 17.3 Å². The molecule has 0 amide bonds. The van der Waals surface area contributed by atoms with Gasteiger partial charge in [0, 0.05) is 48.6 Å². The Morgan fingerprint density at radius 1 is 1.11 bits per heavy atom. The zero-order valence-electron chi connectivity index (χ0n) is 19.0. The first kappa shape index (κ1) is 21.6. The molecule has 2 fully saturated rings. The second-order valence-electron chi connectivity index (χ2n) is 9.30. The molecule has 2 aliphatic rings. The van der Waals surface area contributed by atoms with Gasteiger partial charge < -0.3 is 15.3 Å². The third-order valence-corrected chi connectivity index (χ3v) is 7.18. The first-order valence-electron chi connectivity index (χ1n) is 11.5. The van der Waals surface area contributed by atoms with E-state index in [-0.39, 0.29) is 28.0 Å². The number of terminal acetylenes is 1. The van der Waals surface area contributed by atoms with Gasteiger partial charge in [0.05, 0.1) is 11.1 Å². The Hall–Kier alpha value is -3.96. The average Bonchev–Trinajstić information content (AvgIpc) is 3.18. The molecule has 1 aromatic heterocycles. The van der Waals surface area contributed by atoms with E-state index in [4.69, 9.17) is 6.42 Å². The van der Waals surface area contributed by atoms with Gasteiger partial charge in [-0.2, -0.15) is 4.98 Å². The molecule has 6 rings (SSSR count). The lowest BCUT2D eigenvalue weighted by atomic mass is 9.93. The number of phenols is 1. The third-order valence-electron chi connectivity index (χ3n) is 7.18. The number of aromatic nitrogens is 2. The lowest BCUT2D eigenvalue weighted by Crippen LogP contribution is -2.51. The fourth-order valence-corrected chi connectivity index (χ4v) is 5.59. The Labute approximate surface area is 199 Å². The van der Waals surface area contributed by atoms with E-state index in [1.807, 2.05) is 0 Å². The summed E-state index contributed by atoms with van der Waals surface area (Å²) in [5.41, 5.74) is -0.132. The molecular formula is C27H22F2N4O2. The fourth-order valence-electron chi connectivity index (χ4n) is 5.59. The summed E-state index contributed by atoms with van der Waals surface area (Å²) in [7, 11) is 1.48. The summed E-state index contributed by atoms with van der Waals surface area (Å²) < 4.78 is 32.0. The second kappa shape index (κ2) is 7.79. The van der Waals surface area contributed by atoms with Crippen molar-refractivity contribution in [2.75, 3.05) is 18.0 Å². The van der Waals surface area contributed by atoms with Crippen LogP contribution in [0.5, 0.6) is 5.75 Å². The van der Waals surface area contributed by atoms with E-state index >= 15 is 4.39 Å². The Balaban J connectivity index is 1.63. The van der Waals surface area contributed by atoms with Crippen molar-refractivity contribution >= 4 is 27.5 Å². The predicted octanol–water partition coefficient (Wildman–Crippen LogP) is 3.66. The zero-order valence-corrected chi connectivity index (χ0v) is 19.0. The van der Waals surface area contributed by atoms with E-state index in [1.165, 1.54) is 35.9 Å². The van der Waals surface area contributed by atoms with E-state index in [0.717, 1.165) is 12.8 Å². The van der Waals surface area contributed by atoms with E-state index in [9.17, 15) is 14.3 Å². The van der Waals surface area contributed by atoms with Crippen molar-refractivity contribution in [1.82, 2.24) is 14.9 Å². The minimum Gasteiger partial charge on any atom is -0.508 e. The summed E-state index contributed by atoms with van der Waals surface area (Å²) in [6.45, 7) is 1.38. The summed E-state index contributed by atoms with van der Waals surface area (Å²) in [6, 6.07) is 9.46. The molecule has 3 aromatic carbocycles. The van der Waals surface area contributed by atoms with Crippen molar-refractivity contribution in [3.05, 3.63) is 64.1 Å². The van der Waals surface area contributed by atoms with Crippen LogP contribution < -0.4 is 15.9 Å². The van der Waals surface area contributed by atoms with Gasteiger partial charge in [-0.3, -0.25) is 4.57 Å². The number of piperazine rings is 1. The summed E-state index contributed by atoms with van der Waals surface area (Å²) in [5.74, 6) is 1.43. The number of aromatic hydroxyl groups is 1. The molecule has 6 nitrogen and oxygen atoms in total. The van der Waals surface area contributed by atoms with Crippen LogP contribution in [-0.2, 0) is 7.05 Å². The number of nitrogens with zero attached hydrogens (tertiary/aromatic N) is 3. The highest BCUT2D eigenvalue weighted by molar-refractivity contribution is 6.04. The van der Waals surface area contributed by atoms with Crippen LogP contribution in [0, 0.1) is 24.0 Å². The Morgan fingerprint density at radius 3 is 2.57 bits per heavy atom. The molecular weight excluding hydrogens is 450 g/mol. The molecule has 176 valence electrons. The summed E-state index contributed by atoms with van der Waals surface area (Å²) in [5, 5.41) is 15.2. The van der Waals surface area contributed by atoms with Crippen molar-refractivity contribution in [3.63, 3.8) is 0 Å². The Bertz CT molecular complexity index is 1630. The highest BCUT2D eigenvalue weighted by Gasteiger charge is 2.34. The minimum absolute atomic E-state index is 0.0161. The van der Waals surface area contributed by atoms with Crippen molar-refractivity contribution < 1.29 is 13.9 Å². The first-order valence-corrected chi connectivity index (χ1v) is 11.5. The smallest absolute Gasteiger partial charge is 0.349 e. The van der Waals surface area contributed by atoms with Crippen molar-refractivity contribution in [2.45, 2.75) is 24.9 Å². The molecule has 2 atom stereocenters. The van der Waals surface area contributed by atoms with E-state index in [0.29, 0.717) is 47.1 Å². The second-order valence-corrected chi connectivity index (χ2v) is 9.30. The maximum Gasteiger partial charge on any atom is 0.349 e. The number of phenolic OH excluding ortho intramolecular Hbond substituents is 1. The highest BCUT2D eigenvalue weighted by Crippen LogP contribution is 2.39. The van der Waals surface area contributed by atoms with Gasteiger partial charge >= 0.3 is 5.69 Å². The largest absolute Gasteiger partial charge is 0.508 e. The van der Waals surface area contributed by atoms with Gasteiger partial charge in [-0.05, 0) is 48.1 Å². The van der Waals surface area contributed by atoms with Crippen LogP contribution in [-0.4, -0.2) is 39.8 Å². The molecule has 3 heterocycles. The number of rotatable bonds is 2. The monoisotopic (exact) mass is 472 g/mol. The number of hydrogen-bond acceptors (Lipinski definition) is 5. The Kier molecular flexibility index (Phi) is 4.80. The normalized spacial score (nSPS) is 19.4. The highest BCUT2D eigenvalue weighted by atomic mass is 19.1. The van der Waals surface area contributed by atoms with Crippen LogP contribution >= 0.6 is 0 Å². The molecule has 2 bridgehead atoms. The standard InChI is InChI=1S/C27H22F2N4O2/c1-3-18-22(28)9-4-14-10-17(34)11-21(23(14)18)19-7-8-20-25(24(19)29)32(2)27(35)31-26(20)33-12-15-5-6-16(13-33)30-15/h1,4,7-11,15-16,30,34H,5-6,12-13H2,2H3. The lowest BCUT2D eigenvalue weighted by Gasteiger charge is -2.34. The maximum absolute atomic E-state index is 16.3. The molecule has 0 radical (unpaired) electrons. The van der Waals surface area contributed by atoms with Crippen molar-refractivity contribution in [2.24, 2.45) is 7.05 Å². The van der Waals surface area contributed by atoms with Gasteiger partial charge in [-0.15, -0.1) is 6.42 Å². The van der Waals surface area contributed by atoms with Gasteiger partial charge in [-0.25, -0.2) is 13.6 Å². The number of hydrogen-bond donors (Lipinski definition) is 2. The summed E-state index contributed by atoms with van der Waals surface area (Å²) in [6.07, 6.45) is 7.71. The summed E-state index contributed by atoms with van der Waals surface area (Å²) >= 11 is 0. The zero-order chi connectivity index (χ0) is 24.4. The van der Waals surface area contributed by atoms with Gasteiger partial charge in [0.25, 0.3) is 0 Å². The maximum atomic E-state index is 16.3. The quantitative estimate of drug-likeness (QED) is 0.436.